The van der Waals surface area contributed by atoms with Crippen LogP contribution in [0, 0.1) is 16.7 Å². The largest absolute Gasteiger partial charge is 0.497 e. The Balaban J connectivity index is 0.991. The van der Waals surface area contributed by atoms with Gasteiger partial charge < -0.3 is 19.1 Å². The van der Waals surface area contributed by atoms with Crippen molar-refractivity contribution in [2.75, 3.05) is 25.2 Å². The molecule has 0 aliphatic carbocycles. The Morgan fingerprint density at radius 1 is 0.741 bits per heavy atom. The molecule has 300 valence electrons. The van der Waals surface area contributed by atoms with E-state index in [9.17, 15) is 23.3 Å². The molecule has 0 bridgehead atoms. The van der Waals surface area contributed by atoms with Crippen LogP contribution in [-0.2, 0) is 31.3 Å². The molecule has 11 heteroatoms. The van der Waals surface area contributed by atoms with Gasteiger partial charge in [0.25, 0.3) is 0 Å². The third-order valence-corrected chi connectivity index (χ3v) is 13.5. The maximum atomic E-state index is 13.5. The number of Topliss-reactive ketones (excluding diaryl/α,β-unsaturated/α-hetero) is 1. The Morgan fingerprint density at radius 2 is 1.19 bits per heavy atom. The molecule has 1 unspecified atom stereocenters. The summed E-state index contributed by atoms with van der Waals surface area (Å²) in [5.74, 6) is 3.90. The van der Waals surface area contributed by atoms with Crippen LogP contribution in [0.5, 0.6) is 28.7 Å². The Morgan fingerprint density at radius 3 is 1.62 bits per heavy atom. The average Bonchev–Trinajstić information content (AvgIpc) is 3.65. The van der Waals surface area contributed by atoms with Crippen LogP contribution in [0.2, 0.25) is 0 Å². The third-order valence-electron chi connectivity index (χ3n) is 10.6. The van der Waals surface area contributed by atoms with Gasteiger partial charge in [-0.25, -0.2) is 8.42 Å². The predicted molar refractivity (Wildman–Crippen MR) is 227 cm³/mol. The fourth-order valence-corrected chi connectivity index (χ4v) is 9.42. The van der Waals surface area contributed by atoms with Crippen LogP contribution < -0.4 is 14.2 Å². The molecule has 1 amide bonds. The molecule has 58 heavy (non-hydrogen) atoms. The van der Waals surface area contributed by atoms with E-state index < -0.39 is 15.3 Å². The number of ketones is 1. The summed E-state index contributed by atoms with van der Waals surface area (Å²) in [6, 6.07) is 37.8. The Hall–Kier alpha value is -5.57. The normalized spacial score (nSPS) is 13.8. The molecule has 1 atom stereocenters. The molecule has 0 saturated carbocycles. The summed E-state index contributed by atoms with van der Waals surface area (Å²) in [6.45, 7) is 8.66. The Kier molecular flexibility index (Phi) is 13.0. The van der Waals surface area contributed by atoms with Gasteiger partial charge in [-0.05, 0) is 122 Å². The number of thioether (sulfide) groups is 1. The SMILES string of the molecule is COc1ccc(C(C)(C)c2ccc(Oc3ccc(S(=O)(=O)c4ccc(Oc5ccc(CC(=O)CSCC(N6CCCC6=O)C(C)(C)C#N)cc5)cc4)cc3)cc2)cc1. The van der Waals surface area contributed by atoms with Crippen LogP contribution in [0.4, 0.5) is 0 Å². The van der Waals surface area contributed by atoms with E-state index in [-0.39, 0.29) is 45.1 Å². The van der Waals surface area contributed by atoms with Crippen molar-refractivity contribution in [3.05, 3.63) is 138 Å². The van der Waals surface area contributed by atoms with Gasteiger partial charge in [0.05, 0.1) is 40.2 Å². The van der Waals surface area contributed by atoms with Crippen molar-refractivity contribution in [3.63, 3.8) is 0 Å². The van der Waals surface area contributed by atoms with E-state index in [1.165, 1.54) is 36.0 Å². The average molecular weight is 817 g/mol. The van der Waals surface area contributed by atoms with Crippen LogP contribution in [0.25, 0.3) is 0 Å². The maximum Gasteiger partial charge on any atom is 0.222 e. The second-order valence-electron chi connectivity index (χ2n) is 15.4. The first-order chi connectivity index (χ1) is 27.7. The van der Waals surface area contributed by atoms with Crippen LogP contribution in [0.15, 0.2) is 131 Å². The van der Waals surface area contributed by atoms with Crippen LogP contribution >= 0.6 is 11.8 Å². The number of benzene rings is 5. The van der Waals surface area contributed by atoms with Crippen molar-refractivity contribution in [3.8, 4) is 34.8 Å². The summed E-state index contributed by atoms with van der Waals surface area (Å²) in [5, 5.41) is 9.70. The number of carbonyl (C=O) groups excluding carboxylic acids is 2. The number of nitriles is 1. The van der Waals surface area contributed by atoms with Crippen LogP contribution in [-0.4, -0.2) is 56.2 Å². The van der Waals surface area contributed by atoms with Gasteiger partial charge in [-0.3, -0.25) is 9.59 Å². The minimum absolute atomic E-state index is 0.0508. The second-order valence-corrected chi connectivity index (χ2v) is 18.4. The molecule has 1 aliphatic heterocycles. The zero-order chi connectivity index (χ0) is 41.5. The number of hydrogen-bond acceptors (Lipinski definition) is 9. The molecule has 1 fully saturated rings. The highest BCUT2D eigenvalue weighted by Crippen LogP contribution is 2.35. The van der Waals surface area contributed by atoms with E-state index in [1.807, 2.05) is 62.4 Å². The van der Waals surface area contributed by atoms with E-state index in [0.717, 1.165) is 28.9 Å². The highest BCUT2D eigenvalue weighted by Gasteiger charge is 2.38. The van der Waals surface area contributed by atoms with Crippen molar-refractivity contribution in [2.24, 2.45) is 5.41 Å². The van der Waals surface area contributed by atoms with E-state index >= 15 is 0 Å². The van der Waals surface area contributed by atoms with E-state index in [0.29, 0.717) is 41.7 Å². The molecular weight excluding hydrogens is 769 g/mol. The van der Waals surface area contributed by atoms with Crippen molar-refractivity contribution in [1.82, 2.24) is 4.90 Å². The number of rotatable bonds is 17. The lowest BCUT2D eigenvalue weighted by Crippen LogP contribution is -2.47. The molecule has 1 heterocycles. The summed E-state index contributed by atoms with van der Waals surface area (Å²) >= 11 is 1.46. The lowest BCUT2D eigenvalue weighted by atomic mass is 9.78. The first-order valence-electron chi connectivity index (χ1n) is 19.1. The molecule has 9 nitrogen and oxygen atoms in total. The Labute approximate surface area is 345 Å². The molecule has 1 aliphatic rings. The lowest BCUT2D eigenvalue weighted by Gasteiger charge is -2.35. The molecule has 5 aromatic rings. The van der Waals surface area contributed by atoms with Gasteiger partial charge in [-0.15, -0.1) is 0 Å². The van der Waals surface area contributed by atoms with Gasteiger partial charge in [-0.1, -0.05) is 50.2 Å². The smallest absolute Gasteiger partial charge is 0.222 e. The number of hydrogen-bond donors (Lipinski definition) is 0. The maximum absolute atomic E-state index is 13.5. The summed E-state index contributed by atoms with van der Waals surface area (Å²) in [6.07, 6.45) is 1.55. The molecule has 0 radical (unpaired) electrons. The minimum atomic E-state index is -3.80. The first-order valence-corrected chi connectivity index (χ1v) is 21.8. The second kappa shape index (κ2) is 17.9. The van der Waals surface area contributed by atoms with Gasteiger partial charge in [0, 0.05) is 30.6 Å². The van der Waals surface area contributed by atoms with E-state index in [2.05, 4.69) is 32.0 Å². The number of nitrogens with zero attached hydrogens (tertiary/aromatic N) is 2. The molecule has 1 saturated heterocycles. The molecule has 0 spiro atoms. The summed E-state index contributed by atoms with van der Waals surface area (Å²) in [7, 11) is -2.15. The predicted octanol–water partition coefficient (Wildman–Crippen LogP) is 9.82. The van der Waals surface area contributed by atoms with Gasteiger partial charge >= 0.3 is 0 Å². The molecule has 0 N–H and O–H groups in total. The number of ether oxygens (including phenoxy) is 3. The molecule has 6 rings (SSSR count). The highest BCUT2D eigenvalue weighted by molar-refractivity contribution is 8.00. The fraction of sp³-hybridized carbons (Fsp3) is 0.298. The lowest BCUT2D eigenvalue weighted by molar-refractivity contribution is -0.130. The molecule has 5 aromatic carbocycles. The van der Waals surface area contributed by atoms with Gasteiger partial charge in [-0.2, -0.15) is 17.0 Å². The van der Waals surface area contributed by atoms with Crippen LogP contribution in [0.1, 0.15) is 57.2 Å². The van der Waals surface area contributed by atoms with Gasteiger partial charge in [0.1, 0.15) is 34.5 Å². The van der Waals surface area contributed by atoms with Crippen molar-refractivity contribution < 1.29 is 32.2 Å². The van der Waals surface area contributed by atoms with Crippen molar-refractivity contribution in [2.45, 2.75) is 68.2 Å². The van der Waals surface area contributed by atoms with Crippen molar-refractivity contribution >= 4 is 33.3 Å². The number of sulfone groups is 1. The zero-order valence-electron chi connectivity index (χ0n) is 33.4. The van der Waals surface area contributed by atoms with E-state index in [1.54, 1.807) is 48.4 Å². The highest BCUT2D eigenvalue weighted by atomic mass is 32.2. The number of carbonyl (C=O) groups is 2. The fourth-order valence-electron chi connectivity index (χ4n) is 6.90. The standard InChI is InChI=1S/C47H48N2O7S2/c1-46(2,32-48)44(49-28-6-7-45(49)51)31-57-30-36(50)29-33-8-14-38(15-9-33)55-40-20-24-42(25-21-40)58(52,53)43-26-22-41(23-27-43)56-39-18-12-35(13-19-39)47(3,4)34-10-16-37(54-5)17-11-34/h8-27,44H,6-7,28-31H2,1-5H3. The summed E-state index contributed by atoms with van der Waals surface area (Å²) < 4.78 is 44.2. The first kappa shape index (κ1) is 42.0. The van der Waals surface area contributed by atoms with Crippen molar-refractivity contribution in [1.29, 1.82) is 5.26 Å². The monoisotopic (exact) mass is 816 g/mol. The summed E-state index contributed by atoms with van der Waals surface area (Å²) in [4.78, 5) is 27.3. The third kappa shape index (κ3) is 9.92. The quantitative estimate of drug-likeness (QED) is 0.0903. The number of likely N-dealkylation sites (tertiary alicyclic amines) is 1. The number of methoxy groups -OCH3 is 1. The molecule has 0 aromatic heterocycles. The zero-order valence-corrected chi connectivity index (χ0v) is 35.1. The summed E-state index contributed by atoms with van der Waals surface area (Å²) in [5.41, 5.74) is 2.17. The Bertz CT molecular complexity index is 2350. The molecular formula is C47H48N2O7S2. The van der Waals surface area contributed by atoms with Gasteiger partial charge in [0.2, 0.25) is 15.7 Å². The topological polar surface area (TPSA) is 123 Å². The van der Waals surface area contributed by atoms with Crippen LogP contribution in [0.3, 0.4) is 0 Å². The van der Waals surface area contributed by atoms with E-state index in [4.69, 9.17) is 14.2 Å². The number of amides is 1. The van der Waals surface area contributed by atoms with Gasteiger partial charge in [0.15, 0.2) is 0 Å². The minimum Gasteiger partial charge on any atom is -0.497 e.